The number of carbonyl (C=O) groups is 1. The molecule has 0 saturated carbocycles. The zero-order chi connectivity index (χ0) is 17.7. The lowest BCUT2D eigenvalue weighted by Crippen LogP contribution is -2.44. The van der Waals surface area contributed by atoms with Crippen LogP contribution in [0.4, 0.5) is 16.3 Å². The Morgan fingerprint density at radius 3 is 2.25 bits per heavy atom. The predicted molar refractivity (Wildman–Crippen MR) is 99.9 cm³/mol. The molecule has 5 heteroatoms. The molecule has 0 N–H and O–H groups in total. The summed E-state index contributed by atoms with van der Waals surface area (Å²) in [6.45, 7) is 5.32. The highest BCUT2D eigenvalue weighted by Crippen LogP contribution is 2.19. The molecule has 1 aromatic carbocycles. The van der Waals surface area contributed by atoms with Crippen LogP contribution in [0.15, 0.2) is 42.5 Å². The van der Waals surface area contributed by atoms with E-state index in [0.717, 1.165) is 23.5 Å². The van der Waals surface area contributed by atoms with Crippen LogP contribution >= 0.6 is 0 Å². The lowest BCUT2D eigenvalue weighted by atomic mass is 10.2. The van der Waals surface area contributed by atoms with Gasteiger partial charge in [-0.25, -0.2) is 9.78 Å². The van der Waals surface area contributed by atoms with Crippen LogP contribution in [0.5, 0.6) is 0 Å². The Bertz CT molecular complexity index is 665. The highest BCUT2D eigenvalue weighted by atomic mass is 16.2. The van der Waals surface area contributed by atoms with E-state index in [-0.39, 0.29) is 6.03 Å². The van der Waals surface area contributed by atoms with Crippen LogP contribution in [-0.4, -0.2) is 50.1 Å². The van der Waals surface area contributed by atoms with Gasteiger partial charge in [0.05, 0.1) is 0 Å². The van der Waals surface area contributed by atoms with E-state index in [2.05, 4.69) is 9.88 Å². The van der Waals surface area contributed by atoms with E-state index in [1.54, 1.807) is 16.8 Å². The normalized spacial score (nSPS) is 10.8. The van der Waals surface area contributed by atoms with Crippen LogP contribution in [0.3, 0.4) is 0 Å². The molecule has 0 saturated heterocycles. The first-order chi connectivity index (χ1) is 11.4. The van der Waals surface area contributed by atoms with Crippen LogP contribution in [0.25, 0.3) is 0 Å². The smallest absolute Gasteiger partial charge is 0.308 e. The van der Waals surface area contributed by atoms with E-state index in [1.165, 1.54) is 0 Å². The molecule has 5 nitrogen and oxygen atoms in total. The van der Waals surface area contributed by atoms with Crippen LogP contribution in [-0.2, 0) is 0 Å². The predicted octanol–water partition coefficient (Wildman–Crippen LogP) is 3.32. The maximum Gasteiger partial charge on any atom is 0.329 e. The van der Waals surface area contributed by atoms with Crippen LogP contribution in [0, 0.1) is 13.8 Å². The van der Waals surface area contributed by atoms with Crippen molar-refractivity contribution in [2.75, 3.05) is 44.0 Å². The molecule has 0 atom stereocenters. The molecule has 1 aromatic heterocycles. The van der Waals surface area contributed by atoms with Gasteiger partial charge in [-0.2, -0.15) is 0 Å². The molecule has 0 unspecified atom stereocenters. The third-order valence-corrected chi connectivity index (χ3v) is 3.79. The summed E-state index contributed by atoms with van der Waals surface area (Å²) in [5.74, 6) is 0.696. The molecule has 2 aromatic rings. The molecule has 128 valence electrons. The van der Waals surface area contributed by atoms with Gasteiger partial charge in [-0.3, -0.25) is 9.80 Å². The Morgan fingerprint density at radius 1 is 1.00 bits per heavy atom. The number of rotatable bonds is 5. The Labute approximate surface area is 144 Å². The minimum absolute atomic E-state index is 0.0828. The van der Waals surface area contributed by atoms with Gasteiger partial charge in [0.2, 0.25) is 0 Å². The number of urea groups is 1. The number of anilines is 2. The van der Waals surface area contributed by atoms with E-state index in [9.17, 15) is 4.79 Å². The second-order valence-corrected chi connectivity index (χ2v) is 6.28. The lowest BCUT2D eigenvalue weighted by molar-refractivity contribution is 0.251. The van der Waals surface area contributed by atoms with Crippen molar-refractivity contribution in [2.45, 2.75) is 13.8 Å². The summed E-state index contributed by atoms with van der Waals surface area (Å²) in [5.41, 5.74) is 2.87. The Balaban J connectivity index is 2.32. The number of aromatic nitrogens is 1. The fourth-order valence-corrected chi connectivity index (χ4v) is 2.51. The molecule has 0 bridgehead atoms. The first-order valence-electron chi connectivity index (χ1n) is 8.09. The van der Waals surface area contributed by atoms with Gasteiger partial charge >= 0.3 is 6.03 Å². The van der Waals surface area contributed by atoms with Crippen molar-refractivity contribution in [1.29, 1.82) is 0 Å². The minimum Gasteiger partial charge on any atom is -0.308 e. The molecule has 0 fully saturated rings. The van der Waals surface area contributed by atoms with Gasteiger partial charge in [0.25, 0.3) is 0 Å². The van der Waals surface area contributed by atoms with Gasteiger partial charge in [0.1, 0.15) is 5.82 Å². The van der Waals surface area contributed by atoms with Crippen LogP contribution in [0.1, 0.15) is 11.3 Å². The maximum absolute atomic E-state index is 13.1. The van der Waals surface area contributed by atoms with E-state index in [4.69, 9.17) is 0 Å². The van der Waals surface area contributed by atoms with Crippen molar-refractivity contribution in [2.24, 2.45) is 0 Å². The quantitative estimate of drug-likeness (QED) is 0.846. The lowest BCUT2D eigenvalue weighted by Gasteiger charge is -2.29. The third-order valence-electron chi connectivity index (χ3n) is 3.79. The highest BCUT2D eigenvalue weighted by Gasteiger charge is 2.22. The van der Waals surface area contributed by atoms with E-state index in [1.807, 2.05) is 70.4 Å². The molecule has 0 aliphatic carbocycles. The van der Waals surface area contributed by atoms with Crippen molar-refractivity contribution in [3.8, 4) is 0 Å². The molecule has 2 amide bonds. The first-order valence-corrected chi connectivity index (χ1v) is 8.09. The number of hydrogen-bond acceptors (Lipinski definition) is 3. The number of para-hydroxylation sites is 1. The minimum atomic E-state index is -0.0828. The second-order valence-electron chi connectivity index (χ2n) is 6.28. The molecule has 24 heavy (non-hydrogen) atoms. The van der Waals surface area contributed by atoms with Crippen LogP contribution in [0.2, 0.25) is 0 Å². The summed E-state index contributed by atoms with van der Waals surface area (Å²) in [7, 11) is 5.79. The van der Waals surface area contributed by atoms with Gasteiger partial charge in [-0.15, -0.1) is 0 Å². The zero-order valence-electron chi connectivity index (χ0n) is 15.2. The molecule has 0 radical (unpaired) electrons. The standard InChI is InChI=1S/C19H26N4O/c1-15-13-16(2)20-18(14-15)23(12-11-21(3)4)19(24)22(5)17-9-7-6-8-10-17/h6-10,13-14H,11-12H2,1-5H3. The summed E-state index contributed by atoms with van der Waals surface area (Å²) in [4.78, 5) is 23.1. The third kappa shape index (κ3) is 4.55. The summed E-state index contributed by atoms with van der Waals surface area (Å²) in [6.07, 6.45) is 0. The monoisotopic (exact) mass is 326 g/mol. The average Bonchev–Trinajstić information content (AvgIpc) is 2.53. The van der Waals surface area contributed by atoms with Gasteiger partial charge in [0.15, 0.2) is 0 Å². The number of aryl methyl sites for hydroxylation is 2. The van der Waals surface area contributed by atoms with Crippen molar-refractivity contribution < 1.29 is 4.79 Å². The Hall–Kier alpha value is -2.40. The Morgan fingerprint density at radius 2 is 1.67 bits per heavy atom. The fraction of sp³-hybridized carbons (Fsp3) is 0.368. The van der Waals surface area contributed by atoms with Crippen molar-refractivity contribution in [1.82, 2.24) is 9.88 Å². The summed E-state index contributed by atoms with van der Waals surface area (Å²) in [6, 6.07) is 13.5. The zero-order valence-corrected chi connectivity index (χ0v) is 15.2. The summed E-state index contributed by atoms with van der Waals surface area (Å²) >= 11 is 0. The molecule has 2 rings (SSSR count). The number of benzene rings is 1. The van der Waals surface area contributed by atoms with Gasteiger partial charge in [0, 0.05) is 31.5 Å². The fourth-order valence-electron chi connectivity index (χ4n) is 2.51. The first kappa shape index (κ1) is 17.9. The van der Waals surface area contributed by atoms with E-state index < -0.39 is 0 Å². The maximum atomic E-state index is 13.1. The number of hydrogen-bond donors (Lipinski definition) is 0. The average molecular weight is 326 g/mol. The largest absolute Gasteiger partial charge is 0.329 e. The number of amides is 2. The Kier molecular flexibility index (Phi) is 5.93. The van der Waals surface area contributed by atoms with Gasteiger partial charge in [-0.1, -0.05) is 18.2 Å². The molecule has 0 aliphatic rings. The van der Waals surface area contributed by atoms with Crippen LogP contribution < -0.4 is 9.80 Å². The topological polar surface area (TPSA) is 39.7 Å². The molecule has 0 aliphatic heterocycles. The molecular formula is C19H26N4O. The van der Waals surface area contributed by atoms with Gasteiger partial charge in [-0.05, 0) is 57.8 Å². The van der Waals surface area contributed by atoms with Crippen molar-refractivity contribution in [3.05, 3.63) is 53.7 Å². The number of likely N-dealkylation sites (N-methyl/N-ethyl adjacent to an activating group) is 1. The number of nitrogens with zero attached hydrogens (tertiary/aromatic N) is 4. The van der Waals surface area contributed by atoms with E-state index in [0.29, 0.717) is 12.4 Å². The highest BCUT2D eigenvalue weighted by molar-refractivity contribution is 6.02. The van der Waals surface area contributed by atoms with Crippen molar-refractivity contribution in [3.63, 3.8) is 0 Å². The second kappa shape index (κ2) is 7.93. The van der Waals surface area contributed by atoms with E-state index >= 15 is 0 Å². The molecule has 1 heterocycles. The van der Waals surface area contributed by atoms with Crippen molar-refractivity contribution >= 4 is 17.5 Å². The molecule has 0 spiro atoms. The summed E-state index contributed by atoms with van der Waals surface area (Å²) < 4.78 is 0. The SMILES string of the molecule is Cc1cc(C)nc(N(CCN(C)C)C(=O)N(C)c2ccccc2)c1. The number of pyridine rings is 1. The summed E-state index contributed by atoms with van der Waals surface area (Å²) in [5, 5.41) is 0. The molecular weight excluding hydrogens is 300 g/mol. The number of carbonyl (C=O) groups excluding carboxylic acids is 1. The van der Waals surface area contributed by atoms with Gasteiger partial charge < -0.3 is 4.90 Å².